The predicted octanol–water partition coefficient (Wildman–Crippen LogP) is 4.61. The highest BCUT2D eigenvalue weighted by Gasteiger charge is 2.31. The van der Waals surface area contributed by atoms with Crippen LogP contribution in [0.25, 0.3) is 11.3 Å². The molecule has 2 heterocycles. The lowest BCUT2D eigenvalue weighted by Crippen LogP contribution is -2.45. The van der Waals surface area contributed by atoms with Gasteiger partial charge in [0, 0.05) is 28.9 Å². The molecule has 1 aliphatic rings. The van der Waals surface area contributed by atoms with Crippen molar-refractivity contribution in [3.05, 3.63) is 58.9 Å². The Balaban J connectivity index is 1.41. The molecule has 1 aliphatic heterocycles. The number of rotatable bonds is 5. The zero-order valence-corrected chi connectivity index (χ0v) is 17.2. The molecular weight excluding hydrogens is 410 g/mol. The minimum atomic E-state index is -0.579. The Morgan fingerprint density at radius 3 is 2.83 bits per heavy atom. The first-order chi connectivity index (χ1) is 14.0. The highest BCUT2D eigenvalue weighted by atomic mass is 35.5. The number of thiazole rings is 1. The van der Waals surface area contributed by atoms with E-state index in [0.717, 1.165) is 5.56 Å². The normalized spacial score (nSPS) is 15.6. The molecule has 0 saturated heterocycles. The van der Waals surface area contributed by atoms with E-state index in [2.05, 4.69) is 10.3 Å². The van der Waals surface area contributed by atoms with E-state index in [1.54, 1.807) is 17.9 Å². The van der Waals surface area contributed by atoms with Gasteiger partial charge in [0.15, 0.2) is 11.2 Å². The summed E-state index contributed by atoms with van der Waals surface area (Å²) in [5.74, 6) is 0.269. The summed E-state index contributed by atoms with van der Waals surface area (Å²) in [7, 11) is 0. The van der Waals surface area contributed by atoms with Crippen molar-refractivity contribution < 1.29 is 14.3 Å². The number of nitrogens with zero attached hydrogens (tertiary/aromatic N) is 2. The number of ether oxygens (including phenoxy) is 1. The SMILES string of the molecule is C[C@H]1Oc2ccccc2N(CCC(=O)Nc2nc(-c3ccccc3Cl)cs2)C1=O. The van der Waals surface area contributed by atoms with Gasteiger partial charge < -0.3 is 15.0 Å². The van der Waals surface area contributed by atoms with Crippen molar-refractivity contribution in [3.63, 3.8) is 0 Å². The van der Waals surface area contributed by atoms with Gasteiger partial charge in [-0.15, -0.1) is 11.3 Å². The van der Waals surface area contributed by atoms with Crippen LogP contribution in [-0.2, 0) is 9.59 Å². The second kappa shape index (κ2) is 8.23. The van der Waals surface area contributed by atoms with E-state index in [4.69, 9.17) is 16.3 Å². The molecule has 3 aromatic rings. The lowest BCUT2D eigenvalue weighted by molar-refractivity contribution is -0.125. The number of benzene rings is 2. The minimum Gasteiger partial charge on any atom is -0.479 e. The maximum atomic E-state index is 12.5. The van der Waals surface area contributed by atoms with Crippen molar-refractivity contribution in [1.29, 1.82) is 0 Å². The third kappa shape index (κ3) is 4.11. The van der Waals surface area contributed by atoms with Crippen LogP contribution in [0, 0.1) is 0 Å². The van der Waals surface area contributed by atoms with E-state index in [1.165, 1.54) is 11.3 Å². The van der Waals surface area contributed by atoms with Crippen LogP contribution in [-0.4, -0.2) is 29.4 Å². The molecule has 2 aromatic carbocycles. The molecule has 0 fully saturated rings. The van der Waals surface area contributed by atoms with Gasteiger partial charge in [-0.05, 0) is 25.1 Å². The Bertz CT molecular complexity index is 1070. The highest BCUT2D eigenvalue weighted by Crippen LogP contribution is 2.34. The molecule has 2 amide bonds. The van der Waals surface area contributed by atoms with E-state index in [-0.39, 0.29) is 24.8 Å². The summed E-state index contributed by atoms with van der Waals surface area (Å²) in [4.78, 5) is 31.0. The van der Waals surface area contributed by atoms with Crippen molar-refractivity contribution in [1.82, 2.24) is 4.98 Å². The smallest absolute Gasteiger partial charge is 0.267 e. The van der Waals surface area contributed by atoms with Gasteiger partial charge in [0.25, 0.3) is 5.91 Å². The first kappa shape index (κ1) is 19.4. The van der Waals surface area contributed by atoms with E-state index in [1.807, 2.05) is 47.8 Å². The number of hydrogen-bond donors (Lipinski definition) is 1. The van der Waals surface area contributed by atoms with Gasteiger partial charge in [-0.3, -0.25) is 9.59 Å². The Labute approximate surface area is 177 Å². The van der Waals surface area contributed by atoms with Crippen LogP contribution >= 0.6 is 22.9 Å². The number of amides is 2. The third-order valence-corrected chi connectivity index (χ3v) is 5.62. The summed E-state index contributed by atoms with van der Waals surface area (Å²) in [5.41, 5.74) is 2.20. The lowest BCUT2D eigenvalue weighted by atomic mass is 10.1. The number of nitrogens with one attached hydrogen (secondary N) is 1. The quantitative estimate of drug-likeness (QED) is 0.645. The van der Waals surface area contributed by atoms with Crippen LogP contribution in [0.4, 0.5) is 10.8 Å². The van der Waals surface area contributed by atoms with Gasteiger partial charge in [0.1, 0.15) is 5.75 Å². The number of carbonyl (C=O) groups excluding carboxylic acids is 2. The molecule has 0 bridgehead atoms. The number of fused-ring (bicyclic) bond motifs is 1. The van der Waals surface area contributed by atoms with Gasteiger partial charge in [-0.2, -0.15) is 0 Å². The number of aromatic nitrogens is 1. The predicted molar refractivity (Wildman–Crippen MR) is 115 cm³/mol. The Morgan fingerprint density at radius 1 is 1.24 bits per heavy atom. The molecule has 1 atom stereocenters. The molecule has 4 rings (SSSR count). The molecule has 148 valence electrons. The third-order valence-electron chi connectivity index (χ3n) is 4.54. The van der Waals surface area contributed by atoms with Crippen molar-refractivity contribution in [2.24, 2.45) is 0 Å². The molecule has 0 radical (unpaired) electrons. The molecule has 0 aliphatic carbocycles. The molecule has 1 aromatic heterocycles. The highest BCUT2D eigenvalue weighted by molar-refractivity contribution is 7.14. The zero-order valence-electron chi connectivity index (χ0n) is 15.6. The zero-order chi connectivity index (χ0) is 20.4. The van der Waals surface area contributed by atoms with Crippen LogP contribution < -0.4 is 15.0 Å². The van der Waals surface area contributed by atoms with Gasteiger partial charge >= 0.3 is 0 Å². The average Bonchev–Trinajstić information content (AvgIpc) is 3.17. The van der Waals surface area contributed by atoms with Crippen molar-refractivity contribution in [3.8, 4) is 17.0 Å². The van der Waals surface area contributed by atoms with E-state index in [9.17, 15) is 9.59 Å². The average molecular weight is 428 g/mol. The number of hydrogen-bond acceptors (Lipinski definition) is 5. The summed E-state index contributed by atoms with van der Waals surface area (Å²) in [6.45, 7) is 1.97. The molecule has 29 heavy (non-hydrogen) atoms. The Hall–Kier alpha value is -2.90. The standard InChI is InChI=1S/C21H18ClN3O3S/c1-13-20(27)25(17-8-4-5-9-18(17)28-13)11-10-19(26)24-21-23-16(12-29-21)14-6-2-3-7-15(14)22/h2-9,12-13H,10-11H2,1H3,(H,23,24,26)/t13-/m1/s1. The number of halogens is 1. The fraction of sp³-hybridized carbons (Fsp3) is 0.190. The van der Waals surface area contributed by atoms with Gasteiger partial charge in [0.05, 0.1) is 11.4 Å². The van der Waals surface area contributed by atoms with Crippen LogP contribution in [0.2, 0.25) is 5.02 Å². The fourth-order valence-corrected chi connectivity index (χ4v) is 4.07. The largest absolute Gasteiger partial charge is 0.479 e. The number of carbonyl (C=O) groups is 2. The number of para-hydroxylation sites is 2. The Kier molecular flexibility index (Phi) is 5.51. The first-order valence-corrected chi connectivity index (χ1v) is 10.4. The number of anilines is 2. The van der Waals surface area contributed by atoms with Crippen LogP contribution in [0.3, 0.4) is 0 Å². The maximum Gasteiger partial charge on any atom is 0.267 e. The lowest BCUT2D eigenvalue weighted by Gasteiger charge is -2.32. The minimum absolute atomic E-state index is 0.147. The maximum absolute atomic E-state index is 12.5. The molecule has 0 unspecified atom stereocenters. The van der Waals surface area contributed by atoms with Crippen LogP contribution in [0.1, 0.15) is 13.3 Å². The van der Waals surface area contributed by atoms with Crippen LogP contribution in [0.15, 0.2) is 53.9 Å². The first-order valence-electron chi connectivity index (χ1n) is 9.10. The molecule has 1 N–H and O–H groups in total. The second-order valence-electron chi connectivity index (χ2n) is 6.53. The molecule has 8 heteroatoms. The van der Waals surface area contributed by atoms with Gasteiger partial charge in [-0.1, -0.05) is 41.9 Å². The summed E-state index contributed by atoms with van der Waals surface area (Å²) in [6, 6.07) is 14.7. The fourth-order valence-electron chi connectivity index (χ4n) is 3.11. The van der Waals surface area contributed by atoms with E-state index in [0.29, 0.717) is 27.3 Å². The van der Waals surface area contributed by atoms with Gasteiger partial charge in [-0.25, -0.2) is 4.98 Å². The van der Waals surface area contributed by atoms with E-state index < -0.39 is 6.10 Å². The van der Waals surface area contributed by atoms with Gasteiger partial charge in [0.2, 0.25) is 5.91 Å². The molecule has 0 spiro atoms. The van der Waals surface area contributed by atoms with Crippen LogP contribution in [0.5, 0.6) is 5.75 Å². The molecule has 6 nitrogen and oxygen atoms in total. The van der Waals surface area contributed by atoms with Crippen molar-refractivity contribution in [2.75, 3.05) is 16.8 Å². The van der Waals surface area contributed by atoms with Crippen molar-refractivity contribution >= 4 is 45.6 Å². The summed E-state index contributed by atoms with van der Waals surface area (Å²) in [6.07, 6.45) is -0.432. The second-order valence-corrected chi connectivity index (χ2v) is 7.80. The molecular formula is C21H18ClN3O3S. The monoisotopic (exact) mass is 427 g/mol. The molecule has 0 saturated carbocycles. The topological polar surface area (TPSA) is 71.5 Å². The summed E-state index contributed by atoms with van der Waals surface area (Å²) in [5, 5.41) is 5.74. The van der Waals surface area contributed by atoms with Crippen molar-refractivity contribution in [2.45, 2.75) is 19.4 Å². The summed E-state index contributed by atoms with van der Waals surface area (Å²) < 4.78 is 5.62. The summed E-state index contributed by atoms with van der Waals surface area (Å²) >= 11 is 7.54. The Morgan fingerprint density at radius 2 is 2.00 bits per heavy atom. The van der Waals surface area contributed by atoms with E-state index >= 15 is 0 Å².